The molecule has 1 aliphatic carbocycles. The summed E-state index contributed by atoms with van der Waals surface area (Å²) in [6.07, 6.45) is 9.67. The molecule has 1 saturated carbocycles. The number of para-hydroxylation sites is 1. The summed E-state index contributed by atoms with van der Waals surface area (Å²) in [5, 5.41) is 3.33. The van der Waals surface area contributed by atoms with Gasteiger partial charge in [-0.2, -0.15) is 0 Å². The molecule has 2 fully saturated rings. The Hall–Kier alpha value is -1.51. The minimum atomic E-state index is 0.150. The largest absolute Gasteiger partial charge is 0.371 e. The van der Waals surface area contributed by atoms with Crippen LogP contribution < -0.4 is 10.2 Å². The van der Waals surface area contributed by atoms with Crippen LogP contribution in [0.15, 0.2) is 30.3 Å². The molecule has 1 aromatic carbocycles. The van der Waals surface area contributed by atoms with Gasteiger partial charge in [-0.25, -0.2) is 0 Å². The molecular weight excluding hydrogens is 272 g/mol. The van der Waals surface area contributed by atoms with Gasteiger partial charge in [0.2, 0.25) is 5.91 Å². The molecule has 0 aromatic heterocycles. The number of benzene rings is 1. The molecule has 2 aliphatic rings. The lowest BCUT2D eigenvalue weighted by molar-refractivity contribution is -0.126. The fraction of sp³-hybridized carbons (Fsp3) is 0.632. The number of nitrogens with zero attached hydrogens (tertiary/aromatic N) is 1. The summed E-state index contributed by atoms with van der Waals surface area (Å²) >= 11 is 0. The zero-order valence-electron chi connectivity index (χ0n) is 13.5. The monoisotopic (exact) mass is 300 g/mol. The molecule has 1 atom stereocenters. The van der Waals surface area contributed by atoms with Crippen molar-refractivity contribution in [3.63, 3.8) is 0 Å². The minimum Gasteiger partial charge on any atom is -0.371 e. The molecule has 1 aromatic rings. The van der Waals surface area contributed by atoms with Gasteiger partial charge in [-0.15, -0.1) is 0 Å². The van der Waals surface area contributed by atoms with Crippen LogP contribution >= 0.6 is 0 Å². The van der Waals surface area contributed by atoms with E-state index in [-0.39, 0.29) is 11.8 Å². The molecule has 1 saturated heterocycles. The van der Waals surface area contributed by atoms with Gasteiger partial charge in [0.25, 0.3) is 0 Å². The number of carbonyl (C=O) groups is 1. The van der Waals surface area contributed by atoms with Crippen LogP contribution in [-0.2, 0) is 4.79 Å². The van der Waals surface area contributed by atoms with Crippen LogP contribution in [0.25, 0.3) is 0 Å². The summed E-state index contributed by atoms with van der Waals surface area (Å²) in [5.74, 6) is 0.435. The lowest BCUT2D eigenvalue weighted by Crippen LogP contribution is -2.46. The quantitative estimate of drug-likeness (QED) is 0.862. The summed E-state index contributed by atoms with van der Waals surface area (Å²) in [6, 6.07) is 10.9. The molecule has 3 rings (SSSR count). The fourth-order valence-electron chi connectivity index (χ4n) is 3.81. The van der Waals surface area contributed by atoms with Crippen LogP contribution in [0.1, 0.15) is 51.4 Å². The number of hydrogen-bond acceptors (Lipinski definition) is 2. The van der Waals surface area contributed by atoms with Crippen LogP contribution in [0.3, 0.4) is 0 Å². The Bertz CT molecular complexity index is 466. The number of amides is 1. The highest BCUT2D eigenvalue weighted by Crippen LogP contribution is 2.24. The molecule has 1 unspecified atom stereocenters. The predicted octanol–water partition coefficient (Wildman–Crippen LogP) is 3.74. The zero-order chi connectivity index (χ0) is 15.2. The van der Waals surface area contributed by atoms with Crippen LogP contribution in [0.2, 0.25) is 0 Å². The Morgan fingerprint density at radius 1 is 0.955 bits per heavy atom. The highest BCUT2D eigenvalue weighted by Gasteiger charge is 2.27. The lowest BCUT2D eigenvalue weighted by atomic mass is 9.95. The highest BCUT2D eigenvalue weighted by atomic mass is 16.2. The van der Waals surface area contributed by atoms with Crippen molar-refractivity contribution in [2.75, 3.05) is 18.0 Å². The van der Waals surface area contributed by atoms with Gasteiger partial charge in [0.1, 0.15) is 0 Å². The van der Waals surface area contributed by atoms with E-state index in [1.165, 1.54) is 44.2 Å². The minimum absolute atomic E-state index is 0.150. The average Bonchev–Trinajstić information content (AvgIpc) is 2.84. The normalized spacial score (nSPS) is 23.8. The van der Waals surface area contributed by atoms with Crippen molar-refractivity contribution in [2.45, 2.75) is 57.4 Å². The average molecular weight is 300 g/mol. The predicted molar refractivity (Wildman–Crippen MR) is 91.0 cm³/mol. The molecule has 1 amide bonds. The smallest absolute Gasteiger partial charge is 0.225 e. The van der Waals surface area contributed by atoms with Gasteiger partial charge < -0.3 is 10.2 Å². The molecule has 1 aliphatic heterocycles. The third-order valence-electron chi connectivity index (χ3n) is 5.12. The first-order valence-corrected chi connectivity index (χ1v) is 8.93. The Labute approximate surface area is 134 Å². The van der Waals surface area contributed by atoms with Crippen LogP contribution in [0.4, 0.5) is 5.69 Å². The zero-order valence-corrected chi connectivity index (χ0v) is 13.5. The van der Waals surface area contributed by atoms with E-state index >= 15 is 0 Å². The second-order valence-corrected chi connectivity index (χ2v) is 6.82. The molecular formula is C19H28N2O. The molecule has 1 heterocycles. The number of nitrogens with one attached hydrogen (secondary N) is 1. The van der Waals surface area contributed by atoms with Crippen LogP contribution in [0.5, 0.6) is 0 Å². The Morgan fingerprint density at radius 3 is 2.41 bits per heavy atom. The SMILES string of the molecule is O=C(NC1CCCCCC1)C1CCCN(c2ccccc2)C1. The number of hydrogen-bond donors (Lipinski definition) is 1. The maximum atomic E-state index is 12.6. The van der Waals surface area contributed by atoms with Crippen molar-refractivity contribution >= 4 is 11.6 Å². The van der Waals surface area contributed by atoms with Crippen molar-refractivity contribution in [3.8, 4) is 0 Å². The first-order chi connectivity index (χ1) is 10.8. The van der Waals surface area contributed by atoms with Gasteiger partial charge in [-0.05, 0) is 37.8 Å². The number of carbonyl (C=O) groups excluding carboxylic acids is 1. The molecule has 3 nitrogen and oxygen atoms in total. The second-order valence-electron chi connectivity index (χ2n) is 6.82. The van der Waals surface area contributed by atoms with E-state index in [1.807, 2.05) is 6.07 Å². The summed E-state index contributed by atoms with van der Waals surface area (Å²) in [5.41, 5.74) is 1.24. The number of anilines is 1. The molecule has 120 valence electrons. The first kappa shape index (κ1) is 15.4. The molecule has 0 spiro atoms. The van der Waals surface area contributed by atoms with E-state index in [2.05, 4.69) is 34.5 Å². The van der Waals surface area contributed by atoms with Crippen molar-refractivity contribution in [1.82, 2.24) is 5.32 Å². The van der Waals surface area contributed by atoms with Gasteiger partial charge in [-0.1, -0.05) is 43.9 Å². The third-order valence-corrected chi connectivity index (χ3v) is 5.12. The third kappa shape index (κ3) is 4.02. The molecule has 22 heavy (non-hydrogen) atoms. The maximum absolute atomic E-state index is 12.6. The van der Waals surface area contributed by atoms with Gasteiger partial charge in [0, 0.05) is 24.8 Å². The number of rotatable bonds is 3. The number of piperidine rings is 1. The summed E-state index contributed by atoms with van der Waals surface area (Å²) in [7, 11) is 0. The van der Waals surface area contributed by atoms with Gasteiger partial charge in [0.05, 0.1) is 5.92 Å². The van der Waals surface area contributed by atoms with E-state index in [1.54, 1.807) is 0 Å². The van der Waals surface area contributed by atoms with E-state index in [0.29, 0.717) is 6.04 Å². The summed E-state index contributed by atoms with van der Waals surface area (Å²) in [6.45, 7) is 1.93. The first-order valence-electron chi connectivity index (χ1n) is 8.93. The Morgan fingerprint density at radius 2 is 1.68 bits per heavy atom. The topological polar surface area (TPSA) is 32.3 Å². The standard InChI is InChI=1S/C19H28N2O/c22-19(20-17-10-4-1-2-5-11-17)16-9-8-14-21(15-16)18-12-6-3-7-13-18/h3,6-7,12-13,16-17H,1-2,4-5,8-11,14-15H2,(H,20,22). The molecule has 3 heteroatoms. The molecule has 1 N–H and O–H groups in total. The Kier molecular flexibility index (Phi) is 5.36. The summed E-state index contributed by atoms with van der Waals surface area (Å²) < 4.78 is 0. The van der Waals surface area contributed by atoms with E-state index in [4.69, 9.17) is 0 Å². The van der Waals surface area contributed by atoms with Crippen LogP contribution in [0, 0.1) is 5.92 Å². The van der Waals surface area contributed by atoms with E-state index in [9.17, 15) is 4.79 Å². The van der Waals surface area contributed by atoms with Crippen molar-refractivity contribution in [2.24, 2.45) is 5.92 Å². The summed E-state index contributed by atoms with van der Waals surface area (Å²) in [4.78, 5) is 15.0. The van der Waals surface area contributed by atoms with Gasteiger partial charge in [0.15, 0.2) is 0 Å². The maximum Gasteiger partial charge on any atom is 0.225 e. The Balaban J connectivity index is 1.55. The second kappa shape index (κ2) is 7.66. The fourth-order valence-corrected chi connectivity index (χ4v) is 3.81. The van der Waals surface area contributed by atoms with Gasteiger partial charge >= 0.3 is 0 Å². The molecule has 0 bridgehead atoms. The van der Waals surface area contributed by atoms with Crippen molar-refractivity contribution < 1.29 is 4.79 Å². The van der Waals surface area contributed by atoms with Crippen LogP contribution in [-0.4, -0.2) is 25.0 Å². The van der Waals surface area contributed by atoms with Crippen molar-refractivity contribution in [3.05, 3.63) is 30.3 Å². The lowest BCUT2D eigenvalue weighted by Gasteiger charge is -2.34. The highest BCUT2D eigenvalue weighted by molar-refractivity contribution is 5.80. The van der Waals surface area contributed by atoms with E-state index < -0.39 is 0 Å². The van der Waals surface area contributed by atoms with Crippen molar-refractivity contribution in [1.29, 1.82) is 0 Å². The van der Waals surface area contributed by atoms with Gasteiger partial charge in [-0.3, -0.25) is 4.79 Å². The molecule has 0 radical (unpaired) electrons. The van der Waals surface area contributed by atoms with E-state index in [0.717, 1.165) is 25.9 Å².